The average Bonchev–Trinajstić information content (AvgIpc) is 2.52. The van der Waals surface area contributed by atoms with Crippen LogP contribution in [-0.4, -0.2) is 64.4 Å². The Bertz CT molecular complexity index is 491. The average molecular weight is 324 g/mol. The second-order valence-corrected chi connectivity index (χ2v) is 5.58. The van der Waals surface area contributed by atoms with Gasteiger partial charge >= 0.3 is 0 Å². The van der Waals surface area contributed by atoms with Gasteiger partial charge in [-0.15, -0.1) is 0 Å². The first-order valence-corrected chi connectivity index (χ1v) is 7.78. The molecule has 0 atom stereocenters. The van der Waals surface area contributed by atoms with Crippen molar-refractivity contribution in [2.75, 3.05) is 47.5 Å². The van der Waals surface area contributed by atoms with E-state index >= 15 is 0 Å². The zero-order chi connectivity index (χ0) is 17.2. The number of ether oxygens (including phenoxy) is 3. The molecular weight excluding hydrogens is 296 g/mol. The lowest BCUT2D eigenvalue weighted by atomic mass is 10.2. The van der Waals surface area contributed by atoms with Gasteiger partial charge < -0.3 is 24.4 Å². The van der Waals surface area contributed by atoms with Crippen LogP contribution in [0.3, 0.4) is 0 Å². The molecule has 0 saturated carbocycles. The number of hydrogen-bond acceptors (Lipinski definition) is 5. The Morgan fingerprint density at radius 2 is 1.96 bits per heavy atom. The lowest BCUT2D eigenvalue weighted by molar-refractivity contribution is 0.0947. The number of hydrogen-bond donors (Lipinski definition) is 1. The van der Waals surface area contributed by atoms with Crippen molar-refractivity contribution >= 4 is 5.91 Å². The van der Waals surface area contributed by atoms with Crippen molar-refractivity contribution in [2.24, 2.45) is 0 Å². The van der Waals surface area contributed by atoms with E-state index in [9.17, 15) is 4.79 Å². The summed E-state index contributed by atoms with van der Waals surface area (Å²) in [6, 6.07) is 5.20. The first-order valence-electron chi connectivity index (χ1n) is 7.78. The molecule has 0 aliphatic heterocycles. The van der Waals surface area contributed by atoms with Gasteiger partial charge in [0.1, 0.15) is 0 Å². The number of amides is 1. The topological polar surface area (TPSA) is 60.0 Å². The maximum atomic E-state index is 12.2. The minimum absolute atomic E-state index is 0.0474. The Kier molecular flexibility index (Phi) is 8.43. The smallest absolute Gasteiger partial charge is 0.251 e. The van der Waals surface area contributed by atoms with Crippen LogP contribution < -0.4 is 14.8 Å². The number of carbonyl (C=O) groups excluding carboxylic acids is 1. The minimum atomic E-state index is -0.125. The van der Waals surface area contributed by atoms with Gasteiger partial charge in [-0.2, -0.15) is 0 Å². The lowest BCUT2D eigenvalue weighted by Gasteiger charge is -2.17. The van der Waals surface area contributed by atoms with Crippen molar-refractivity contribution in [2.45, 2.75) is 20.0 Å². The predicted molar refractivity (Wildman–Crippen MR) is 90.5 cm³/mol. The van der Waals surface area contributed by atoms with Crippen molar-refractivity contribution in [1.82, 2.24) is 10.2 Å². The number of likely N-dealkylation sites (N-methyl/N-ethyl adjacent to an activating group) is 1. The molecule has 1 amide bonds. The Morgan fingerprint density at radius 1 is 1.22 bits per heavy atom. The molecule has 1 rings (SSSR count). The van der Waals surface area contributed by atoms with E-state index in [-0.39, 0.29) is 12.0 Å². The van der Waals surface area contributed by atoms with Crippen LogP contribution in [0.1, 0.15) is 24.2 Å². The molecule has 1 aromatic rings. The van der Waals surface area contributed by atoms with Crippen LogP contribution >= 0.6 is 0 Å². The van der Waals surface area contributed by atoms with Crippen molar-refractivity contribution in [3.05, 3.63) is 23.8 Å². The molecule has 0 spiro atoms. The summed E-state index contributed by atoms with van der Waals surface area (Å²) >= 11 is 0. The van der Waals surface area contributed by atoms with Gasteiger partial charge in [0.2, 0.25) is 0 Å². The van der Waals surface area contributed by atoms with E-state index in [1.54, 1.807) is 32.4 Å². The molecule has 6 heteroatoms. The number of nitrogens with zero attached hydrogens (tertiary/aromatic N) is 1. The summed E-state index contributed by atoms with van der Waals surface area (Å²) in [4.78, 5) is 14.3. The molecule has 1 N–H and O–H groups in total. The summed E-state index contributed by atoms with van der Waals surface area (Å²) in [5.41, 5.74) is 0.553. The third-order valence-electron chi connectivity index (χ3n) is 3.24. The number of nitrogens with one attached hydrogen (secondary N) is 1. The molecule has 0 saturated heterocycles. The van der Waals surface area contributed by atoms with E-state index in [1.807, 2.05) is 20.9 Å². The zero-order valence-corrected chi connectivity index (χ0v) is 14.7. The highest BCUT2D eigenvalue weighted by Crippen LogP contribution is 2.28. The van der Waals surface area contributed by atoms with Crippen LogP contribution in [0, 0.1) is 0 Å². The Labute approximate surface area is 138 Å². The quantitative estimate of drug-likeness (QED) is 0.711. The normalized spacial score (nSPS) is 10.9. The molecule has 0 fully saturated rings. The number of methoxy groups -OCH3 is 2. The second-order valence-electron chi connectivity index (χ2n) is 5.58. The monoisotopic (exact) mass is 324 g/mol. The van der Waals surface area contributed by atoms with Crippen LogP contribution in [-0.2, 0) is 4.74 Å². The number of rotatable bonds is 10. The van der Waals surface area contributed by atoms with Gasteiger partial charge in [0.05, 0.1) is 19.8 Å². The molecule has 1 aromatic carbocycles. The summed E-state index contributed by atoms with van der Waals surface area (Å²) in [5.74, 6) is 1.07. The van der Waals surface area contributed by atoms with Gasteiger partial charge in [-0.1, -0.05) is 0 Å². The van der Waals surface area contributed by atoms with Crippen molar-refractivity contribution in [3.8, 4) is 11.5 Å². The molecule has 0 aliphatic carbocycles. The molecule has 0 aliphatic rings. The van der Waals surface area contributed by atoms with Crippen molar-refractivity contribution in [3.63, 3.8) is 0 Å². The fourth-order valence-corrected chi connectivity index (χ4v) is 1.98. The Hall–Kier alpha value is -1.79. The number of carbonyl (C=O) groups is 1. The van der Waals surface area contributed by atoms with Crippen LogP contribution in [0.15, 0.2) is 18.2 Å². The van der Waals surface area contributed by atoms with Gasteiger partial charge in [-0.25, -0.2) is 0 Å². The molecular formula is C17H28N2O4. The highest BCUT2D eigenvalue weighted by atomic mass is 16.5. The summed E-state index contributed by atoms with van der Waals surface area (Å²) in [5, 5.41) is 2.90. The van der Waals surface area contributed by atoms with Gasteiger partial charge in [0.15, 0.2) is 11.5 Å². The third kappa shape index (κ3) is 6.88. The largest absolute Gasteiger partial charge is 0.493 e. The summed E-state index contributed by atoms with van der Waals surface area (Å²) < 4.78 is 16.0. The summed E-state index contributed by atoms with van der Waals surface area (Å²) in [7, 11) is 5.23. The van der Waals surface area contributed by atoms with Crippen molar-refractivity contribution < 1.29 is 19.0 Å². The van der Waals surface area contributed by atoms with Gasteiger partial charge in [0.25, 0.3) is 5.91 Å². The van der Waals surface area contributed by atoms with Crippen LogP contribution in [0.5, 0.6) is 11.5 Å². The van der Waals surface area contributed by atoms with Crippen LogP contribution in [0.2, 0.25) is 0 Å². The van der Waals surface area contributed by atoms with E-state index in [4.69, 9.17) is 14.2 Å². The Balaban J connectivity index is 2.56. The molecule has 0 bridgehead atoms. The number of benzene rings is 1. The highest BCUT2D eigenvalue weighted by Gasteiger charge is 2.12. The minimum Gasteiger partial charge on any atom is -0.493 e. The van der Waals surface area contributed by atoms with Gasteiger partial charge in [0, 0.05) is 32.3 Å². The standard InChI is InChI=1S/C17H28N2O4/c1-13(2)23-15-7-6-14(12-16(15)22-5)17(20)18-8-9-19(3)10-11-21-4/h6-7,12-13H,8-11H2,1-5H3,(H,18,20). The van der Waals surface area contributed by atoms with Gasteiger partial charge in [-0.05, 0) is 39.1 Å². The van der Waals surface area contributed by atoms with Crippen molar-refractivity contribution in [1.29, 1.82) is 0 Å². The summed E-state index contributed by atoms with van der Waals surface area (Å²) in [6.45, 7) is 6.74. The van der Waals surface area contributed by atoms with Crippen LogP contribution in [0.25, 0.3) is 0 Å². The lowest BCUT2D eigenvalue weighted by Crippen LogP contribution is -2.34. The van der Waals surface area contributed by atoms with E-state index in [0.29, 0.717) is 30.2 Å². The maximum Gasteiger partial charge on any atom is 0.251 e. The van der Waals surface area contributed by atoms with E-state index in [2.05, 4.69) is 10.2 Å². The molecule has 0 heterocycles. The first-order chi connectivity index (χ1) is 11.0. The fourth-order valence-electron chi connectivity index (χ4n) is 1.98. The predicted octanol–water partition coefficient (Wildman–Crippen LogP) is 1.79. The summed E-state index contributed by atoms with van der Waals surface area (Å²) in [6.07, 6.45) is 0.0474. The highest BCUT2D eigenvalue weighted by molar-refractivity contribution is 5.94. The zero-order valence-electron chi connectivity index (χ0n) is 14.7. The van der Waals surface area contributed by atoms with Crippen LogP contribution in [0.4, 0.5) is 0 Å². The molecule has 0 radical (unpaired) electrons. The van der Waals surface area contributed by atoms with E-state index in [0.717, 1.165) is 13.1 Å². The molecule has 0 aromatic heterocycles. The second kappa shape index (κ2) is 10.1. The molecule has 0 unspecified atom stereocenters. The van der Waals surface area contributed by atoms with Gasteiger partial charge in [-0.3, -0.25) is 4.79 Å². The molecule has 130 valence electrons. The fraction of sp³-hybridized carbons (Fsp3) is 0.588. The Morgan fingerprint density at radius 3 is 2.57 bits per heavy atom. The molecule has 6 nitrogen and oxygen atoms in total. The van der Waals surface area contributed by atoms with E-state index in [1.165, 1.54) is 0 Å². The van der Waals surface area contributed by atoms with E-state index < -0.39 is 0 Å². The first kappa shape index (κ1) is 19.3. The molecule has 23 heavy (non-hydrogen) atoms. The maximum absolute atomic E-state index is 12.2. The SMILES string of the molecule is COCCN(C)CCNC(=O)c1ccc(OC(C)C)c(OC)c1. The third-order valence-corrected chi connectivity index (χ3v) is 3.24.